The number of halogens is 1. The van der Waals surface area contributed by atoms with Crippen LogP contribution in [0.2, 0.25) is 5.02 Å². The molecule has 0 saturated carbocycles. The molecule has 0 unspecified atom stereocenters. The van der Waals surface area contributed by atoms with E-state index < -0.39 is 0 Å². The molecule has 0 aliphatic rings. The maximum absolute atomic E-state index is 12.0. The molecular formula is C26H20ClN3O. The smallest absolute Gasteiger partial charge is 0.249 e. The summed E-state index contributed by atoms with van der Waals surface area (Å²) in [5.74, 6) is 0.192. The fourth-order valence-corrected chi connectivity index (χ4v) is 4.46. The molecule has 0 fully saturated rings. The summed E-state index contributed by atoms with van der Waals surface area (Å²) < 4.78 is 0. The number of aromatic nitrogens is 3. The number of fused-ring (bicyclic) bond motifs is 2. The standard InChI is InChI=1S/C26H20ClN3O/c1-15(2)22-19-10-11-21(31)29-26(19)30-25(16-7-4-3-5-8-16)23(22)18-13-17-9-6-12-28-24(17)20(27)14-18/h3-15H,1-2H3,(H,29,30,31). The predicted molar refractivity (Wildman–Crippen MR) is 128 cm³/mol. The number of H-pyrrole nitrogens is 1. The zero-order valence-corrected chi connectivity index (χ0v) is 17.9. The molecule has 152 valence electrons. The molecule has 0 bridgehead atoms. The van der Waals surface area contributed by atoms with Gasteiger partial charge in [-0.05, 0) is 41.3 Å². The number of benzene rings is 2. The molecule has 5 aromatic rings. The van der Waals surface area contributed by atoms with E-state index in [4.69, 9.17) is 16.6 Å². The van der Waals surface area contributed by atoms with Gasteiger partial charge in [0.1, 0.15) is 5.65 Å². The van der Waals surface area contributed by atoms with Crippen LogP contribution in [-0.4, -0.2) is 15.0 Å². The van der Waals surface area contributed by atoms with E-state index in [-0.39, 0.29) is 11.5 Å². The SMILES string of the molecule is CC(C)c1c(-c2cc(Cl)c3ncccc3c2)c(-c2ccccc2)nc2[nH]c(=O)ccc12. The minimum atomic E-state index is -0.165. The van der Waals surface area contributed by atoms with Gasteiger partial charge in [-0.2, -0.15) is 0 Å². The Morgan fingerprint density at radius 3 is 2.52 bits per heavy atom. The Morgan fingerprint density at radius 1 is 0.935 bits per heavy atom. The number of rotatable bonds is 3. The average molecular weight is 426 g/mol. The summed E-state index contributed by atoms with van der Waals surface area (Å²) in [5, 5.41) is 2.51. The topological polar surface area (TPSA) is 58.6 Å². The molecule has 3 heterocycles. The maximum atomic E-state index is 12.0. The summed E-state index contributed by atoms with van der Waals surface area (Å²) in [4.78, 5) is 24.3. The van der Waals surface area contributed by atoms with Gasteiger partial charge in [-0.1, -0.05) is 61.8 Å². The Bertz CT molecular complexity index is 1490. The highest BCUT2D eigenvalue weighted by molar-refractivity contribution is 6.35. The summed E-state index contributed by atoms with van der Waals surface area (Å²) in [6.07, 6.45) is 1.75. The lowest BCUT2D eigenvalue weighted by Gasteiger charge is -2.20. The minimum absolute atomic E-state index is 0.165. The lowest BCUT2D eigenvalue weighted by Crippen LogP contribution is -2.08. The van der Waals surface area contributed by atoms with Crippen molar-refractivity contribution >= 4 is 33.5 Å². The lowest BCUT2D eigenvalue weighted by molar-refractivity contribution is 0.876. The van der Waals surface area contributed by atoms with Crippen LogP contribution in [-0.2, 0) is 0 Å². The van der Waals surface area contributed by atoms with Crippen molar-refractivity contribution in [3.8, 4) is 22.4 Å². The zero-order chi connectivity index (χ0) is 21.5. The predicted octanol–water partition coefficient (Wildman–Crippen LogP) is 6.58. The van der Waals surface area contributed by atoms with E-state index >= 15 is 0 Å². The molecule has 4 nitrogen and oxygen atoms in total. The van der Waals surface area contributed by atoms with Gasteiger partial charge in [0.25, 0.3) is 0 Å². The quantitative estimate of drug-likeness (QED) is 0.355. The molecule has 1 N–H and O–H groups in total. The molecule has 0 aliphatic heterocycles. The Morgan fingerprint density at radius 2 is 1.74 bits per heavy atom. The van der Waals surface area contributed by atoms with Crippen molar-refractivity contribution < 1.29 is 0 Å². The number of nitrogens with one attached hydrogen (secondary N) is 1. The number of hydrogen-bond donors (Lipinski definition) is 1. The fourth-order valence-electron chi connectivity index (χ4n) is 4.19. The second-order valence-corrected chi connectivity index (χ2v) is 8.30. The minimum Gasteiger partial charge on any atom is -0.307 e. The summed E-state index contributed by atoms with van der Waals surface area (Å²) in [7, 11) is 0. The summed E-state index contributed by atoms with van der Waals surface area (Å²) in [6.45, 7) is 4.31. The van der Waals surface area contributed by atoms with Gasteiger partial charge in [-0.25, -0.2) is 4.98 Å². The summed E-state index contributed by atoms with van der Waals surface area (Å²) >= 11 is 6.65. The second-order valence-electron chi connectivity index (χ2n) is 7.89. The Kier molecular flexibility index (Phi) is 4.79. The van der Waals surface area contributed by atoms with Crippen molar-refractivity contribution in [2.24, 2.45) is 0 Å². The van der Waals surface area contributed by atoms with Gasteiger partial charge >= 0.3 is 0 Å². The van der Waals surface area contributed by atoms with Gasteiger partial charge in [-0.15, -0.1) is 0 Å². The highest BCUT2D eigenvalue weighted by atomic mass is 35.5. The van der Waals surface area contributed by atoms with Crippen molar-refractivity contribution in [2.45, 2.75) is 19.8 Å². The first-order valence-electron chi connectivity index (χ1n) is 10.2. The summed E-state index contributed by atoms with van der Waals surface area (Å²) in [5.41, 5.74) is 6.12. The first-order valence-corrected chi connectivity index (χ1v) is 10.6. The maximum Gasteiger partial charge on any atom is 0.249 e. The van der Waals surface area contributed by atoms with E-state index in [1.807, 2.05) is 54.6 Å². The van der Waals surface area contributed by atoms with Crippen molar-refractivity contribution in [1.82, 2.24) is 15.0 Å². The molecule has 0 atom stereocenters. The largest absolute Gasteiger partial charge is 0.307 e. The third-order valence-corrected chi connectivity index (χ3v) is 5.78. The highest BCUT2D eigenvalue weighted by Crippen LogP contribution is 2.42. The van der Waals surface area contributed by atoms with Gasteiger partial charge in [0.15, 0.2) is 0 Å². The molecule has 3 aromatic heterocycles. The van der Waals surface area contributed by atoms with Crippen LogP contribution in [0.5, 0.6) is 0 Å². The number of aromatic amines is 1. The molecular weight excluding hydrogens is 406 g/mol. The van der Waals surface area contributed by atoms with E-state index in [1.165, 1.54) is 0 Å². The van der Waals surface area contributed by atoms with Gasteiger partial charge in [0, 0.05) is 34.2 Å². The molecule has 0 aliphatic carbocycles. The van der Waals surface area contributed by atoms with Crippen molar-refractivity contribution in [3.05, 3.63) is 93.9 Å². The third kappa shape index (κ3) is 3.39. The molecule has 5 rings (SSSR count). The Hall–Kier alpha value is -3.50. The molecule has 2 aromatic carbocycles. The monoisotopic (exact) mass is 425 g/mol. The Balaban J connectivity index is 1.96. The number of hydrogen-bond acceptors (Lipinski definition) is 3. The molecule has 0 spiro atoms. The molecule has 0 amide bonds. The third-order valence-electron chi connectivity index (χ3n) is 5.49. The van der Waals surface area contributed by atoms with Crippen molar-refractivity contribution in [1.29, 1.82) is 0 Å². The molecule has 5 heteroatoms. The number of pyridine rings is 3. The van der Waals surface area contributed by atoms with Gasteiger partial charge in [0.05, 0.1) is 16.2 Å². The molecule has 0 saturated heterocycles. The normalized spacial score (nSPS) is 11.5. The van der Waals surface area contributed by atoms with Crippen LogP contribution in [0, 0.1) is 0 Å². The van der Waals surface area contributed by atoms with E-state index in [0.29, 0.717) is 10.7 Å². The van der Waals surface area contributed by atoms with Crippen LogP contribution >= 0.6 is 11.6 Å². The van der Waals surface area contributed by atoms with E-state index in [1.54, 1.807) is 12.3 Å². The van der Waals surface area contributed by atoms with Crippen LogP contribution in [0.3, 0.4) is 0 Å². The van der Waals surface area contributed by atoms with Crippen LogP contribution in [0.15, 0.2) is 77.7 Å². The van der Waals surface area contributed by atoms with Crippen molar-refractivity contribution in [2.75, 3.05) is 0 Å². The molecule has 0 radical (unpaired) electrons. The van der Waals surface area contributed by atoms with Crippen molar-refractivity contribution in [3.63, 3.8) is 0 Å². The summed E-state index contributed by atoms with van der Waals surface area (Å²) in [6, 6.07) is 21.4. The van der Waals surface area contributed by atoms with Crippen LogP contribution in [0.1, 0.15) is 25.3 Å². The first kappa shape index (κ1) is 19.5. The van der Waals surface area contributed by atoms with E-state index in [2.05, 4.69) is 29.9 Å². The Labute approximate surface area is 184 Å². The molecule has 31 heavy (non-hydrogen) atoms. The number of nitrogens with zero attached hydrogens (tertiary/aromatic N) is 2. The van der Waals surface area contributed by atoms with Crippen LogP contribution in [0.25, 0.3) is 44.3 Å². The van der Waals surface area contributed by atoms with Gasteiger partial charge in [0.2, 0.25) is 5.56 Å². The average Bonchev–Trinajstić information content (AvgIpc) is 2.78. The second kappa shape index (κ2) is 7.64. The van der Waals surface area contributed by atoms with E-state index in [9.17, 15) is 4.79 Å². The fraction of sp³-hybridized carbons (Fsp3) is 0.115. The highest BCUT2D eigenvalue weighted by Gasteiger charge is 2.21. The first-order chi connectivity index (χ1) is 15.0. The lowest BCUT2D eigenvalue weighted by atomic mass is 9.87. The van der Waals surface area contributed by atoms with E-state index in [0.717, 1.165) is 44.2 Å². The van der Waals surface area contributed by atoms with Gasteiger partial charge in [-0.3, -0.25) is 9.78 Å². The van der Waals surface area contributed by atoms with Crippen LogP contribution < -0.4 is 5.56 Å². The van der Waals surface area contributed by atoms with Crippen LogP contribution in [0.4, 0.5) is 0 Å². The zero-order valence-electron chi connectivity index (χ0n) is 17.2. The van der Waals surface area contributed by atoms with Gasteiger partial charge < -0.3 is 4.98 Å².